The van der Waals surface area contributed by atoms with Gasteiger partial charge in [-0.15, -0.1) is 0 Å². The van der Waals surface area contributed by atoms with Crippen molar-refractivity contribution in [2.45, 2.75) is 38.5 Å². The SMILES string of the molecule is CC(C)(C)OC(=O)C(c1cccc2ccccc12)N1CCNCC1C(=O)O. The summed E-state index contributed by atoms with van der Waals surface area (Å²) in [5.41, 5.74) is 0.114. The molecule has 0 aliphatic carbocycles. The number of hydrogen-bond donors (Lipinski definition) is 2. The fourth-order valence-corrected chi connectivity index (χ4v) is 3.55. The fraction of sp³-hybridized carbons (Fsp3) is 0.429. The molecule has 2 aromatic carbocycles. The zero-order valence-corrected chi connectivity index (χ0v) is 15.9. The van der Waals surface area contributed by atoms with Gasteiger partial charge in [0, 0.05) is 19.6 Å². The third kappa shape index (κ3) is 4.28. The van der Waals surface area contributed by atoms with Crippen molar-refractivity contribution >= 4 is 22.7 Å². The molecule has 3 rings (SSSR count). The number of aliphatic carboxylic acids is 1. The maximum absolute atomic E-state index is 13.2. The van der Waals surface area contributed by atoms with Crippen LogP contribution in [-0.2, 0) is 14.3 Å². The van der Waals surface area contributed by atoms with E-state index in [4.69, 9.17) is 4.74 Å². The normalized spacial score (nSPS) is 19.6. The predicted octanol–water partition coefficient (Wildman–Crippen LogP) is 2.58. The zero-order chi connectivity index (χ0) is 19.6. The molecule has 0 radical (unpaired) electrons. The summed E-state index contributed by atoms with van der Waals surface area (Å²) in [7, 11) is 0. The van der Waals surface area contributed by atoms with E-state index in [0.717, 1.165) is 16.3 Å². The van der Waals surface area contributed by atoms with Gasteiger partial charge in [-0.2, -0.15) is 0 Å². The van der Waals surface area contributed by atoms with Crippen LogP contribution in [0.4, 0.5) is 0 Å². The van der Waals surface area contributed by atoms with Crippen LogP contribution >= 0.6 is 0 Å². The van der Waals surface area contributed by atoms with Crippen LogP contribution in [0, 0.1) is 0 Å². The Kier molecular flexibility index (Phi) is 5.48. The average Bonchev–Trinajstić information content (AvgIpc) is 2.61. The number of fused-ring (bicyclic) bond motifs is 1. The molecule has 0 saturated carbocycles. The first-order valence-corrected chi connectivity index (χ1v) is 9.18. The summed E-state index contributed by atoms with van der Waals surface area (Å²) in [5.74, 6) is -1.37. The number of hydrogen-bond acceptors (Lipinski definition) is 5. The van der Waals surface area contributed by atoms with Crippen molar-refractivity contribution < 1.29 is 19.4 Å². The summed E-state index contributed by atoms with van der Waals surface area (Å²) in [4.78, 5) is 26.8. The minimum Gasteiger partial charge on any atom is -0.480 e. The lowest BCUT2D eigenvalue weighted by molar-refractivity contribution is -0.165. The second-order valence-corrected chi connectivity index (χ2v) is 7.80. The van der Waals surface area contributed by atoms with Gasteiger partial charge in [-0.1, -0.05) is 42.5 Å². The lowest BCUT2D eigenvalue weighted by atomic mass is 9.95. The molecule has 2 atom stereocenters. The molecule has 1 aliphatic rings. The topological polar surface area (TPSA) is 78.9 Å². The van der Waals surface area contributed by atoms with Crippen molar-refractivity contribution in [1.82, 2.24) is 10.2 Å². The van der Waals surface area contributed by atoms with Gasteiger partial charge in [-0.25, -0.2) is 4.79 Å². The van der Waals surface area contributed by atoms with E-state index in [1.165, 1.54) is 0 Å². The third-order valence-corrected chi connectivity index (χ3v) is 4.65. The van der Waals surface area contributed by atoms with Crippen LogP contribution in [0.25, 0.3) is 10.8 Å². The number of carbonyl (C=O) groups excluding carboxylic acids is 1. The van der Waals surface area contributed by atoms with Crippen LogP contribution in [-0.4, -0.2) is 53.2 Å². The predicted molar refractivity (Wildman–Crippen MR) is 104 cm³/mol. The van der Waals surface area contributed by atoms with Crippen LogP contribution in [0.15, 0.2) is 42.5 Å². The number of nitrogens with zero attached hydrogens (tertiary/aromatic N) is 1. The van der Waals surface area contributed by atoms with Gasteiger partial charge in [0.05, 0.1) is 0 Å². The number of carboxylic acids is 1. The molecule has 6 heteroatoms. The number of benzene rings is 2. The molecule has 1 saturated heterocycles. The van der Waals surface area contributed by atoms with Crippen molar-refractivity contribution in [1.29, 1.82) is 0 Å². The van der Waals surface area contributed by atoms with E-state index in [9.17, 15) is 14.7 Å². The Morgan fingerprint density at radius 1 is 1.19 bits per heavy atom. The highest BCUT2D eigenvalue weighted by molar-refractivity contribution is 5.91. The lowest BCUT2D eigenvalue weighted by Gasteiger charge is -2.39. The van der Waals surface area contributed by atoms with Gasteiger partial charge in [0.25, 0.3) is 0 Å². The lowest BCUT2D eigenvalue weighted by Crippen LogP contribution is -2.57. The van der Waals surface area contributed by atoms with Gasteiger partial charge in [-0.3, -0.25) is 9.69 Å². The monoisotopic (exact) mass is 370 g/mol. The molecule has 2 N–H and O–H groups in total. The van der Waals surface area contributed by atoms with E-state index in [0.29, 0.717) is 19.6 Å². The van der Waals surface area contributed by atoms with Crippen LogP contribution in [0.3, 0.4) is 0 Å². The summed E-state index contributed by atoms with van der Waals surface area (Å²) in [5, 5.41) is 14.7. The van der Waals surface area contributed by atoms with E-state index in [1.807, 2.05) is 63.2 Å². The molecule has 1 fully saturated rings. The minimum absolute atomic E-state index is 0.291. The maximum Gasteiger partial charge on any atom is 0.328 e. The second-order valence-electron chi connectivity index (χ2n) is 7.80. The van der Waals surface area contributed by atoms with Crippen molar-refractivity contribution in [3.05, 3.63) is 48.0 Å². The van der Waals surface area contributed by atoms with Crippen LogP contribution < -0.4 is 5.32 Å². The molecule has 1 heterocycles. The Labute approximate surface area is 159 Å². The van der Waals surface area contributed by atoms with Gasteiger partial charge in [0.1, 0.15) is 17.7 Å². The summed E-state index contributed by atoms with van der Waals surface area (Å²) in [6.07, 6.45) is 0. The Bertz CT molecular complexity index is 838. The smallest absolute Gasteiger partial charge is 0.328 e. The van der Waals surface area contributed by atoms with Crippen molar-refractivity contribution in [2.24, 2.45) is 0 Å². The molecule has 144 valence electrons. The molecule has 0 spiro atoms. The maximum atomic E-state index is 13.2. The van der Waals surface area contributed by atoms with E-state index in [-0.39, 0.29) is 0 Å². The van der Waals surface area contributed by atoms with E-state index in [2.05, 4.69) is 5.32 Å². The van der Waals surface area contributed by atoms with Crippen molar-refractivity contribution in [3.8, 4) is 0 Å². The zero-order valence-electron chi connectivity index (χ0n) is 15.9. The largest absolute Gasteiger partial charge is 0.480 e. The number of piperazine rings is 1. The van der Waals surface area contributed by atoms with Crippen LogP contribution in [0.1, 0.15) is 32.4 Å². The fourth-order valence-electron chi connectivity index (χ4n) is 3.55. The molecule has 0 amide bonds. The highest BCUT2D eigenvalue weighted by atomic mass is 16.6. The number of ether oxygens (including phenoxy) is 1. The third-order valence-electron chi connectivity index (χ3n) is 4.65. The summed E-state index contributed by atoms with van der Waals surface area (Å²) >= 11 is 0. The van der Waals surface area contributed by atoms with E-state index >= 15 is 0 Å². The van der Waals surface area contributed by atoms with E-state index in [1.54, 1.807) is 4.90 Å². The van der Waals surface area contributed by atoms with Crippen LogP contribution in [0.2, 0.25) is 0 Å². The number of esters is 1. The Morgan fingerprint density at radius 2 is 1.89 bits per heavy atom. The van der Waals surface area contributed by atoms with Crippen molar-refractivity contribution in [2.75, 3.05) is 19.6 Å². The molecule has 0 bridgehead atoms. The Morgan fingerprint density at radius 3 is 2.59 bits per heavy atom. The summed E-state index contributed by atoms with van der Waals surface area (Å²) in [6.45, 7) is 6.81. The first kappa shape index (κ1) is 19.3. The molecular weight excluding hydrogens is 344 g/mol. The molecule has 2 unspecified atom stereocenters. The summed E-state index contributed by atoms with van der Waals surface area (Å²) in [6, 6.07) is 12.0. The van der Waals surface area contributed by atoms with Gasteiger partial charge in [0.15, 0.2) is 0 Å². The highest BCUT2D eigenvalue weighted by Gasteiger charge is 2.40. The second kappa shape index (κ2) is 7.66. The molecule has 1 aliphatic heterocycles. The van der Waals surface area contributed by atoms with Gasteiger partial charge in [-0.05, 0) is 37.1 Å². The number of carboxylic acid groups (broad SMARTS) is 1. The first-order chi connectivity index (χ1) is 12.8. The highest BCUT2D eigenvalue weighted by Crippen LogP contribution is 2.32. The molecule has 0 aromatic heterocycles. The molecule has 2 aromatic rings. The minimum atomic E-state index is -0.948. The standard InChI is InChI=1S/C21H26N2O4/c1-21(2,3)27-20(26)18(23-12-11-22-13-17(23)19(24)25)16-10-6-8-14-7-4-5-9-15(14)16/h4-10,17-18,22H,11-13H2,1-3H3,(H,24,25). The Balaban J connectivity index is 2.12. The summed E-state index contributed by atoms with van der Waals surface area (Å²) < 4.78 is 5.69. The number of carbonyl (C=O) groups is 2. The quantitative estimate of drug-likeness (QED) is 0.806. The molecular formula is C21H26N2O4. The average molecular weight is 370 g/mol. The van der Waals surface area contributed by atoms with E-state index < -0.39 is 29.6 Å². The number of nitrogens with one attached hydrogen (secondary N) is 1. The molecule has 27 heavy (non-hydrogen) atoms. The number of rotatable bonds is 4. The first-order valence-electron chi connectivity index (χ1n) is 9.18. The molecule has 6 nitrogen and oxygen atoms in total. The van der Waals surface area contributed by atoms with Gasteiger partial charge < -0.3 is 15.2 Å². The Hall–Kier alpha value is -2.44. The van der Waals surface area contributed by atoms with Gasteiger partial charge in [0.2, 0.25) is 0 Å². The van der Waals surface area contributed by atoms with Gasteiger partial charge >= 0.3 is 11.9 Å². The van der Waals surface area contributed by atoms with Crippen LogP contribution in [0.5, 0.6) is 0 Å². The van der Waals surface area contributed by atoms with Crippen molar-refractivity contribution in [3.63, 3.8) is 0 Å².